The Balaban J connectivity index is 1.93. The molecule has 1 amide bonds. The lowest BCUT2D eigenvalue weighted by atomic mass is 10.3. The lowest BCUT2D eigenvalue weighted by Crippen LogP contribution is -2.42. The van der Waals surface area contributed by atoms with E-state index in [1.54, 1.807) is 17.0 Å². The molecule has 3 rings (SSSR count). The minimum atomic E-state index is -4.02. The fourth-order valence-electron chi connectivity index (χ4n) is 3.11. The zero-order valence-corrected chi connectivity index (χ0v) is 16.5. The van der Waals surface area contributed by atoms with Gasteiger partial charge in [-0.15, -0.1) is 0 Å². The number of hydrogen-bond acceptors (Lipinski definition) is 4. The van der Waals surface area contributed by atoms with Crippen LogP contribution in [-0.4, -0.2) is 45.5 Å². The summed E-state index contributed by atoms with van der Waals surface area (Å²) in [5.74, 6) is -0.188. The average Bonchev–Trinajstić information content (AvgIpc) is 3.22. The van der Waals surface area contributed by atoms with Gasteiger partial charge in [0.15, 0.2) is 0 Å². The number of benzene rings is 2. The monoisotopic (exact) mass is 406 g/mol. The maximum atomic E-state index is 13.3. The van der Waals surface area contributed by atoms with E-state index in [-0.39, 0.29) is 23.0 Å². The number of ether oxygens (including phenoxy) is 1. The van der Waals surface area contributed by atoms with Gasteiger partial charge in [0.25, 0.3) is 10.0 Å². The molecule has 2 aromatic carbocycles. The topological polar surface area (TPSA) is 66.9 Å². The van der Waals surface area contributed by atoms with Crippen molar-refractivity contribution in [3.05, 3.63) is 54.3 Å². The maximum absolute atomic E-state index is 13.3. The van der Waals surface area contributed by atoms with Crippen molar-refractivity contribution >= 4 is 21.6 Å². The highest BCUT2D eigenvalue weighted by Crippen LogP contribution is 2.26. The molecule has 1 fully saturated rings. The molecular formula is C20H23FN2O4S. The van der Waals surface area contributed by atoms with Crippen LogP contribution in [-0.2, 0) is 14.8 Å². The molecule has 2 aromatic rings. The summed E-state index contributed by atoms with van der Waals surface area (Å²) in [7, 11) is -4.02. The maximum Gasteiger partial charge on any atom is 0.264 e. The van der Waals surface area contributed by atoms with E-state index in [4.69, 9.17) is 4.74 Å². The van der Waals surface area contributed by atoms with Crippen molar-refractivity contribution in [1.82, 2.24) is 4.90 Å². The highest BCUT2D eigenvalue weighted by molar-refractivity contribution is 7.92. The number of carbonyl (C=O) groups is 1. The molecule has 0 spiro atoms. The molecule has 0 bridgehead atoms. The lowest BCUT2D eigenvalue weighted by molar-refractivity contribution is -0.128. The van der Waals surface area contributed by atoms with E-state index in [9.17, 15) is 17.6 Å². The number of sulfonamides is 1. The number of likely N-dealkylation sites (tertiary alicyclic amines) is 1. The number of amides is 1. The van der Waals surface area contributed by atoms with E-state index in [1.807, 2.05) is 6.92 Å². The van der Waals surface area contributed by atoms with E-state index in [0.29, 0.717) is 25.4 Å². The second-order valence-electron chi connectivity index (χ2n) is 6.48. The fourth-order valence-corrected chi connectivity index (χ4v) is 4.53. The summed E-state index contributed by atoms with van der Waals surface area (Å²) in [6, 6.07) is 11.1. The summed E-state index contributed by atoms with van der Waals surface area (Å²) in [4.78, 5) is 14.3. The van der Waals surface area contributed by atoms with Crippen LogP contribution in [0.3, 0.4) is 0 Å². The van der Waals surface area contributed by atoms with Crippen LogP contribution in [0.5, 0.6) is 5.75 Å². The molecule has 28 heavy (non-hydrogen) atoms. The van der Waals surface area contributed by atoms with Crippen LogP contribution in [0.4, 0.5) is 10.1 Å². The molecule has 6 nitrogen and oxygen atoms in total. The van der Waals surface area contributed by atoms with Gasteiger partial charge >= 0.3 is 0 Å². The molecule has 0 unspecified atom stereocenters. The highest BCUT2D eigenvalue weighted by Gasteiger charge is 2.29. The molecule has 0 saturated carbocycles. The number of hydrogen-bond donors (Lipinski definition) is 0. The summed E-state index contributed by atoms with van der Waals surface area (Å²) in [5.41, 5.74) is 0.239. The first-order valence-corrected chi connectivity index (χ1v) is 10.6. The van der Waals surface area contributed by atoms with Crippen LogP contribution in [0, 0.1) is 5.82 Å². The molecule has 1 saturated heterocycles. The third kappa shape index (κ3) is 4.44. The Morgan fingerprint density at radius 3 is 2.25 bits per heavy atom. The molecule has 150 valence electrons. The van der Waals surface area contributed by atoms with Crippen LogP contribution < -0.4 is 9.04 Å². The van der Waals surface area contributed by atoms with Gasteiger partial charge in [0.2, 0.25) is 5.91 Å². The molecule has 8 heteroatoms. The van der Waals surface area contributed by atoms with Crippen LogP contribution in [0.15, 0.2) is 53.4 Å². The van der Waals surface area contributed by atoms with Crippen molar-refractivity contribution in [2.24, 2.45) is 0 Å². The molecule has 1 aliphatic heterocycles. The predicted molar refractivity (Wildman–Crippen MR) is 104 cm³/mol. The summed E-state index contributed by atoms with van der Waals surface area (Å²) in [5, 5.41) is 0. The first-order chi connectivity index (χ1) is 13.4. The quantitative estimate of drug-likeness (QED) is 0.709. The predicted octanol–water partition coefficient (Wildman–Crippen LogP) is 3.04. The normalized spacial score (nSPS) is 14.1. The van der Waals surface area contributed by atoms with Crippen molar-refractivity contribution in [3.8, 4) is 5.75 Å². The van der Waals surface area contributed by atoms with Gasteiger partial charge in [0.05, 0.1) is 17.2 Å². The lowest BCUT2D eigenvalue weighted by Gasteiger charge is -2.26. The smallest absolute Gasteiger partial charge is 0.264 e. The Bertz CT molecular complexity index is 908. The molecule has 0 aromatic heterocycles. The zero-order chi connectivity index (χ0) is 20.1. The average molecular weight is 406 g/mol. The SMILES string of the molecule is CCOc1ccc(S(=O)(=O)N(CC(=O)N2CCCC2)c2ccc(F)cc2)cc1. The highest BCUT2D eigenvalue weighted by atomic mass is 32.2. The van der Waals surface area contributed by atoms with Gasteiger partial charge in [-0.3, -0.25) is 9.10 Å². The Morgan fingerprint density at radius 2 is 1.68 bits per heavy atom. The Hall–Kier alpha value is -2.61. The zero-order valence-electron chi connectivity index (χ0n) is 15.7. The van der Waals surface area contributed by atoms with E-state index in [2.05, 4.69) is 0 Å². The van der Waals surface area contributed by atoms with Crippen LogP contribution in [0.25, 0.3) is 0 Å². The molecule has 1 heterocycles. The van der Waals surface area contributed by atoms with Crippen molar-refractivity contribution in [3.63, 3.8) is 0 Å². The molecule has 0 radical (unpaired) electrons. The second kappa shape index (κ2) is 8.60. The number of halogens is 1. The number of nitrogens with zero attached hydrogens (tertiary/aromatic N) is 2. The minimum Gasteiger partial charge on any atom is -0.494 e. The molecule has 0 N–H and O–H groups in total. The van der Waals surface area contributed by atoms with Gasteiger partial charge in [-0.2, -0.15) is 0 Å². The van der Waals surface area contributed by atoms with Gasteiger partial charge in [-0.05, 0) is 68.3 Å². The standard InChI is InChI=1S/C20H23FN2O4S/c1-2-27-18-9-11-19(12-10-18)28(25,26)23(17-7-5-16(21)6-8-17)15-20(24)22-13-3-4-14-22/h5-12H,2-4,13-15H2,1H3. The van der Waals surface area contributed by atoms with E-state index < -0.39 is 15.8 Å². The van der Waals surface area contributed by atoms with E-state index in [1.165, 1.54) is 36.4 Å². The van der Waals surface area contributed by atoms with Crippen LogP contribution >= 0.6 is 0 Å². The summed E-state index contributed by atoms with van der Waals surface area (Å²) in [6.45, 7) is 3.22. The van der Waals surface area contributed by atoms with Gasteiger partial charge in [-0.1, -0.05) is 0 Å². The minimum absolute atomic E-state index is 0.0366. The fraction of sp³-hybridized carbons (Fsp3) is 0.350. The second-order valence-corrected chi connectivity index (χ2v) is 8.34. The van der Waals surface area contributed by atoms with E-state index >= 15 is 0 Å². The molecule has 0 aliphatic carbocycles. The van der Waals surface area contributed by atoms with Gasteiger partial charge < -0.3 is 9.64 Å². The first kappa shape index (κ1) is 20.1. The summed E-state index contributed by atoms with van der Waals surface area (Å²) >= 11 is 0. The number of carbonyl (C=O) groups excluding carboxylic acids is 1. The van der Waals surface area contributed by atoms with Crippen molar-refractivity contribution in [2.75, 3.05) is 30.5 Å². The van der Waals surface area contributed by atoms with Crippen LogP contribution in [0.2, 0.25) is 0 Å². The van der Waals surface area contributed by atoms with Gasteiger partial charge in [0.1, 0.15) is 18.1 Å². The third-order valence-corrected chi connectivity index (χ3v) is 6.36. The van der Waals surface area contributed by atoms with Crippen molar-refractivity contribution in [1.29, 1.82) is 0 Å². The Kier molecular flexibility index (Phi) is 6.18. The molecule has 0 atom stereocenters. The van der Waals surface area contributed by atoms with Crippen LogP contribution in [0.1, 0.15) is 19.8 Å². The third-order valence-electron chi connectivity index (χ3n) is 4.57. The Labute approximate surface area is 164 Å². The van der Waals surface area contributed by atoms with Gasteiger partial charge in [0, 0.05) is 13.1 Å². The van der Waals surface area contributed by atoms with Crippen molar-refractivity contribution in [2.45, 2.75) is 24.7 Å². The van der Waals surface area contributed by atoms with Gasteiger partial charge in [-0.25, -0.2) is 12.8 Å². The largest absolute Gasteiger partial charge is 0.494 e. The number of rotatable bonds is 7. The van der Waals surface area contributed by atoms with E-state index in [0.717, 1.165) is 17.1 Å². The first-order valence-electron chi connectivity index (χ1n) is 9.21. The summed E-state index contributed by atoms with van der Waals surface area (Å²) in [6.07, 6.45) is 1.82. The molecule has 1 aliphatic rings. The van der Waals surface area contributed by atoms with Crippen molar-refractivity contribution < 1.29 is 22.3 Å². The number of anilines is 1. The summed E-state index contributed by atoms with van der Waals surface area (Å²) < 4.78 is 46.2. The Morgan fingerprint density at radius 1 is 1.07 bits per heavy atom. The molecular weight excluding hydrogens is 383 g/mol.